The molecular formula is C8H10N2. The molecule has 0 saturated carbocycles. The van der Waals surface area contributed by atoms with Crippen molar-refractivity contribution in [3.8, 4) is 6.07 Å². The Bertz CT molecular complexity index is 252. The number of nitrogens with one attached hydrogen (secondary N) is 1. The van der Waals surface area contributed by atoms with E-state index in [1.165, 1.54) is 0 Å². The summed E-state index contributed by atoms with van der Waals surface area (Å²) in [5.74, 6) is 0.474. The van der Waals surface area contributed by atoms with Gasteiger partial charge in [0.1, 0.15) is 11.8 Å². The third-order valence-electron chi connectivity index (χ3n) is 1.45. The molecule has 0 fully saturated rings. The fourth-order valence-electron chi connectivity index (χ4n) is 0.814. The molecule has 52 valence electrons. The summed E-state index contributed by atoms with van der Waals surface area (Å²) in [6, 6.07) is 5.80. The summed E-state index contributed by atoms with van der Waals surface area (Å²) in [4.78, 5) is 3.00. The molecule has 1 heterocycles. The predicted octanol–water partition coefficient (Wildman–Crippen LogP) is 2.01. The molecular weight excluding hydrogens is 124 g/mol. The molecule has 10 heavy (non-hydrogen) atoms. The van der Waals surface area contributed by atoms with Crippen LogP contribution in [-0.2, 0) is 0 Å². The average molecular weight is 134 g/mol. The number of hydrogen-bond donors (Lipinski definition) is 1. The van der Waals surface area contributed by atoms with Gasteiger partial charge in [0.2, 0.25) is 0 Å². The molecule has 1 aromatic rings. The summed E-state index contributed by atoms with van der Waals surface area (Å²) < 4.78 is 0. The Hall–Kier alpha value is -1.23. The van der Waals surface area contributed by atoms with Crippen LogP contribution in [0.15, 0.2) is 12.1 Å². The molecule has 0 amide bonds. The first-order valence-electron chi connectivity index (χ1n) is 3.33. The Labute approximate surface area is 60.5 Å². The molecule has 0 radical (unpaired) electrons. The number of H-pyrrole nitrogens is 1. The molecule has 0 atom stereocenters. The van der Waals surface area contributed by atoms with Gasteiger partial charge in [-0.2, -0.15) is 5.26 Å². The van der Waals surface area contributed by atoms with E-state index in [9.17, 15) is 0 Å². The van der Waals surface area contributed by atoms with E-state index in [2.05, 4.69) is 18.8 Å². The lowest BCUT2D eigenvalue weighted by molar-refractivity contribution is 0.831. The van der Waals surface area contributed by atoms with Gasteiger partial charge in [0.25, 0.3) is 0 Å². The highest BCUT2D eigenvalue weighted by atomic mass is 14.7. The highest BCUT2D eigenvalue weighted by Gasteiger charge is 2.00. The van der Waals surface area contributed by atoms with Crippen LogP contribution >= 0.6 is 0 Å². The summed E-state index contributed by atoms with van der Waals surface area (Å²) in [7, 11) is 0. The zero-order valence-electron chi connectivity index (χ0n) is 6.18. The zero-order chi connectivity index (χ0) is 7.56. The first kappa shape index (κ1) is 6.88. The number of nitrogens with zero attached hydrogens (tertiary/aromatic N) is 1. The minimum Gasteiger partial charge on any atom is -0.350 e. The maximum atomic E-state index is 8.45. The topological polar surface area (TPSA) is 39.6 Å². The molecule has 0 spiro atoms. The van der Waals surface area contributed by atoms with E-state index in [1.807, 2.05) is 12.1 Å². The van der Waals surface area contributed by atoms with E-state index < -0.39 is 0 Å². The molecule has 0 unspecified atom stereocenters. The van der Waals surface area contributed by atoms with Crippen molar-refractivity contribution in [1.29, 1.82) is 5.26 Å². The number of aromatic amines is 1. The summed E-state index contributed by atoms with van der Waals surface area (Å²) in [6.45, 7) is 4.18. The fraction of sp³-hybridized carbons (Fsp3) is 0.375. The Morgan fingerprint density at radius 1 is 1.50 bits per heavy atom. The first-order chi connectivity index (χ1) is 4.74. The van der Waals surface area contributed by atoms with Gasteiger partial charge in [0, 0.05) is 5.69 Å². The largest absolute Gasteiger partial charge is 0.350 e. The highest BCUT2D eigenvalue weighted by Crippen LogP contribution is 2.11. The number of aromatic nitrogens is 1. The molecule has 0 aromatic carbocycles. The van der Waals surface area contributed by atoms with E-state index in [4.69, 9.17) is 5.26 Å². The summed E-state index contributed by atoms with van der Waals surface area (Å²) in [5, 5.41) is 8.45. The molecule has 0 aliphatic heterocycles. The molecule has 0 aliphatic rings. The van der Waals surface area contributed by atoms with Gasteiger partial charge < -0.3 is 4.98 Å². The van der Waals surface area contributed by atoms with Gasteiger partial charge in [-0.15, -0.1) is 0 Å². The van der Waals surface area contributed by atoms with Crippen molar-refractivity contribution in [3.63, 3.8) is 0 Å². The molecule has 2 heteroatoms. The Balaban J connectivity index is 2.91. The van der Waals surface area contributed by atoms with Crippen LogP contribution in [0.5, 0.6) is 0 Å². The van der Waals surface area contributed by atoms with E-state index >= 15 is 0 Å². The van der Waals surface area contributed by atoms with Gasteiger partial charge in [0.15, 0.2) is 0 Å². The van der Waals surface area contributed by atoms with Crippen LogP contribution in [0.4, 0.5) is 0 Å². The van der Waals surface area contributed by atoms with E-state index in [0.29, 0.717) is 11.6 Å². The quantitative estimate of drug-likeness (QED) is 0.627. The van der Waals surface area contributed by atoms with E-state index in [1.54, 1.807) is 6.07 Å². The molecule has 0 bridgehead atoms. The minimum atomic E-state index is 0.474. The molecule has 0 aliphatic carbocycles. The Morgan fingerprint density at radius 3 is 2.50 bits per heavy atom. The van der Waals surface area contributed by atoms with Crippen LogP contribution in [0.3, 0.4) is 0 Å². The monoisotopic (exact) mass is 134 g/mol. The van der Waals surface area contributed by atoms with Crippen molar-refractivity contribution in [3.05, 3.63) is 23.5 Å². The molecule has 1 N–H and O–H groups in total. The predicted molar refractivity (Wildman–Crippen MR) is 39.6 cm³/mol. The third-order valence-corrected chi connectivity index (χ3v) is 1.45. The zero-order valence-corrected chi connectivity index (χ0v) is 6.18. The lowest BCUT2D eigenvalue weighted by Gasteiger charge is -1.97. The maximum Gasteiger partial charge on any atom is 0.117 e. The number of rotatable bonds is 1. The second kappa shape index (κ2) is 2.57. The van der Waals surface area contributed by atoms with Crippen LogP contribution in [0, 0.1) is 11.3 Å². The van der Waals surface area contributed by atoms with Gasteiger partial charge in [-0.3, -0.25) is 0 Å². The van der Waals surface area contributed by atoms with Crippen LogP contribution in [0.1, 0.15) is 31.2 Å². The Morgan fingerprint density at radius 2 is 2.20 bits per heavy atom. The standard InChI is InChI=1S/C8H10N2/c1-6(2)8-4-3-7(5-9)10-8/h3-4,6,10H,1-2H3. The van der Waals surface area contributed by atoms with Gasteiger partial charge in [-0.05, 0) is 18.1 Å². The van der Waals surface area contributed by atoms with Crippen LogP contribution in [0.2, 0.25) is 0 Å². The SMILES string of the molecule is CC(C)c1ccc(C#N)[nH]1. The number of hydrogen-bond acceptors (Lipinski definition) is 1. The van der Waals surface area contributed by atoms with Gasteiger partial charge >= 0.3 is 0 Å². The van der Waals surface area contributed by atoms with Crippen molar-refractivity contribution in [2.24, 2.45) is 0 Å². The fourth-order valence-corrected chi connectivity index (χ4v) is 0.814. The second-order valence-corrected chi connectivity index (χ2v) is 2.59. The molecule has 0 saturated heterocycles. The Kier molecular flexibility index (Phi) is 1.77. The van der Waals surface area contributed by atoms with Crippen LogP contribution < -0.4 is 0 Å². The summed E-state index contributed by atoms with van der Waals surface area (Å²) in [6.07, 6.45) is 0. The summed E-state index contributed by atoms with van der Waals surface area (Å²) in [5.41, 5.74) is 1.76. The third kappa shape index (κ3) is 1.19. The van der Waals surface area contributed by atoms with Crippen LogP contribution in [-0.4, -0.2) is 4.98 Å². The van der Waals surface area contributed by atoms with Crippen LogP contribution in [0.25, 0.3) is 0 Å². The lowest BCUT2D eigenvalue weighted by atomic mass is 10.1. The van der Waals surface area contributed by atoms with E-state index in [0.717, 1.165) is 5.69 Å². The minimum absolute atomic E-state index is 0.474. The van der Waals surface area contributed by atoms with E-state index in [-0.39, 0.29) is 0 Å². The van der Waals surface area contributed by atoms with Gasteiger partial charge in [0.05, 0.1) is 0 Å². The molecule has 1 rings (SSSR count). The maximum absolute atomic E-state index is 8.45. The normalized spacial score (nSPS) is 9.80. The summed E-state index contributed by atoms with van der Waals surface area (Å²) >= 11 is 0. The van der Waals surface area contributed by atoms with Crippen molar-refractivity contribution in [1.82, 2.24) is 4.98 Å². The lowest BCUT2D eigenvalue weighted by Crippen LogP contribution is -1.85. The average Bonchev–Trinajstić information content (AvgIpc) is 2.34. The first-order valence-corrected chi connectivity index (χ1v) is 3.33. The second-order valence-electron chi connectivity index (χ2n) is 2.59. The smallest absolute Gasteiger partial charge is 0.117 e. The number of nitriles is 1. The van der Waals surface area contributed by atoms with Crippen molar-refractivity contribution < 1.29 is 0 Å². The molecule has 1 aromatic heterocycles. The highest BCUT2D eigenvalue weighted by molar-refractivity contribution is 5.25. The molecule has 2 nitrogen and oxygen atoms in total. The van der Waals surface area contributed by atoms with Crippen molar-refractivity contribution in [2.45, 2.75) is 19.8 Å². The van der Waals surface area contributed by atoms with Gasteiger partial charge in [-0.25, -0.2) is 0 Å². The van der Waals surface area contributed by atoms with Gasteiger partial charge in [-0.1, -0.05) is 13.8 Å². The van der Waals surface area contributed by atoms with Crippen molar-refractivity contribution >= 4 is 0 Å². The van der Waals surface area contributed by atoms with Crippen molar-refractivity contribution in [2.75, 3.05) is 0 Å².